The Morgan fingerprint density at radius 1 is 0.833 bits per heavy atom. The van der Waals surface area contributed by atoms with Gasteiger partial charge in [-0.25, -0.2) is 4.79 Å². The number of rotatable bonds is 12. The van der Waals surface area contributed by atoms with E-state index in [4.69, 9.17) is 4.74 Å². The van der Waals surface area contributed by atoms with E-state index in [1.54, 1.807) is 18.2 Å². The van der Waals surface area contributed by atoms with Crippen molar-refractivity contribution < 1.29 is 14.3 Å². The van der Waals surface area contributed by atoms with E-state index in [0.29, 0.717) is 29.2 Å². The fourth-order valence-corrected chi connectivity index (χ4v) is 3.68. The summed E-state index contributed by atoms with van der Waals surface area (Å²) in [6, 6.07) is 22.2. The number of likely N-dealkylation sites (N-methyl/N-ethyl adjacent to an activating group) is 1. The molecule has 0 atom stereocenters. The van der Waals surface area contributed by atoms with Crippen LogP contribution in [0, 0.1) is 0 Å². The number of nitrogens with zero attached hydrogens (tertiary/aromatic N) is 1. The molecule has 0 aliphatic carbocycles. The van der Waals surface area contributed by atoms with Crippen LogP contribution in [0.25, 0.3) is 0 Å². The lowest BCUT2D eigenvalue weighted by molar-refractivity contribution is 0.0946. The van der Waals surface area contributed by atoms with E-state index in [0.717, 1.165) is 31.9 Å². The molecule has 0 fully saturated rings. The summed E-state index contributed by atoms with van der Waals surface area (Å²) in [5.41, 5.74) is 3.75. The summed E-state index contributed by atoms with van der Waals surface area (Å²) in [4.78, 5) is 27.3. The van der Waals surface area contributed by atoms with E-state index in [1.807, 2.05) is 42.5 Å². The Morgan fingerprint density at radius 2 is 1.47 bits per heavy atom. The Hall–Kier alpha value is -4.04. The molecule has 190 valence electrons. The van der Waals surface area contributed by atoms with Crippen LogP contribution in [0.3, 0.4) is 0 Å². The summed E-state index contributed by atoms with van der Waals surface area (Å²) < 4.78 is 5.39. The molecule has 0 saturated heterocycles. The van der Waals surface area contributed by atoms with Crippen molar-refractivity contribution in [2.45, 2.75) is 20.4 Å². The minimum Gasteiger partial charge on any atom is -0.496 e. The van der Waals surface area contributed by atoms with Crippen LogP contribution in [0.1, 0.15) is 29.8 Å². The third-order valence-electron chi connectivity index (χ3n) is 5.79. The predicted molar refractivity (Wildman–Crippen MR) is 146 cm³/mol. The van der Waals surface area contributed by atoms with Gasteiger partial charge in [-0.15, -0.1) is 0 Å². The van der Waals surface area contributed by atoms with Crippen molar-refractivity contribution in [2.75, 3.05) is 49.2 Å². The van der Waals surface area contributed by atoms with Crippen LogP contribution in [0.4, 0.5) is 21.9 Å². The zero-order valence-corrected chi connectivity index (χ0v) is 21.1. The number of benzene rings is 3. The molecule has 3 amide bonds. The standard InChI is InChI=1S/C28H35N5O3/c1-4-33(5-2)18-17-29-27(34)25-16-15-24(19-26(25)36-3)32-28(35)31-23-13-11-22(12-14-23)30-20-21-9-7-6-8-10-21/h6-16,19,30H,4-5,17-18,20H2,1-3H3,(H,29,34)(H2,31,32,35). The first-order valence-electron chi connectivity index (χ1n) is 12.2. The first kappa shape index (κ1) is 26.6. The molecular weight excluding hydrogens is 454 g/mol. The molecule has 0 spiro atoms. The van der Waals surface area contributed by atoms with E-state index in [1.165, 1.54) is 12.7 Å². The Morgan fingerprint density at radius 3 is 2.14 bits per heavy atom. The minimum absolute atomic E-state index is 0.212. The van der Waals surface area contributed by atoms with Crippen molar-refractivity contribution in [3.63, 3.8) is 0 Å². The minimum atomic E-state index is -0.390. The highest BCUT2D eigenvalue weighted by Crippen LogP contribution is 2.23. The summed E-state index contributed by atoms with van der Waals surface area (Å²) in [5, 5.41) is 11.9. The Labute approximate surface area is 213 Å². The van der Waals surface area contributed by atoms with Gasteiger partial charge in [0.25, 0.3) is 5.91 Å². The number of nitrogens with one attached hydrogen (secondary N) is 4. The first-order valence-corrected chi connectivity index (χ1v) is 12.2. The van der Waals surface area contributed by atoms with E-state index < -0.39 is 6.03 Å². The van der Waals surface area contributed by atoms with Crippen LogP contribution in [0.5, 0.6) is 5.75 Å². The van der Waals surface area contributed by atoms with Crippen LogP contribution >= 0.6 is 0 Å². The van der Waals surface area contributed by atoms with E-state index >= 15 is 0 Å². The topological polar surface area (TPSA) is 94.7 Å². The molecule has 3 aromatic rings. The number of carbonyl (C=O) groups is 2. The highest BCUT2D eigenvalue weighted by molar-refractivity contribution is 6.01. The molecule has 3 rings (SSSR count). The molecule has 0 saturated carbocycles. The van der Waals surface area contributed by atoms with Gasteiger partial charge in [0.15, 0.2) is 0 Å². The first-order chi connectivity index (χ1) is 17.5. The zero-order valence-electron chi connectivity index (χ0n) is 21.1. The normalized spacial score (nSPS) is 10.6. The van der Waals surface area contributed by atoms with Crippen LogP contribution < -0.4 is 26.0 Å². The average Bonchev–Trinajstić information content (AvgIpc) is 2.91. The van der Waals surface area contributed by atoms with Crippen molar-refractivity contribution in [3.05, 3.63) is 83.9 Å². The molecule has 4 N–H and O–H groups in total. The van der Waals surface area contributed by atoms with E-state index in [-0.39, 0.29) is 5.91 Å². The number of amides is 3. The van der Waals surface area contributed by atoms with Crippen LogP contribution in [0.2, 0.25) is 0 Å². The molecule has 36 heavy (non-hydrogen) atoms. The lowest BCUT2D eigenvalue weighted by Gasteiger charge is -2.18. The fraction of sp³-hybridized carbons (Fsp3) is 0.286. The van der Waals surface area contributed by atoms with Gasteiger partial charge in [0.2, 0.25) is 0 Å². The van der Waals surface area contributed by atoms with Gasteiger partial charge in [0, 0.05) is 42.8 Å². The summed E-state index contributed by atoms with van der Waals surface area (Å²) in [7, 11) is 1.50. The Kier molecular flexibility index (Phi) is 10.1. The number of anilines is 3. The Bertz CT molecular complexity index is 1120. The zero-order chi connectivity index (χ0) is 25.8. The van der Waals surface area contributed by atoms with Gasteiger partial charge in [-0.05, 0) is 55.1 Å². The molecule has 8 heteroatoms. The second kappa shape index (κ2) is 13.7. The predicted octanol–water partition coefficient (Wildman–Crippen LogP) is 5.02. The maximum absolute atomic E-state index is 12.6. The van der Waals surface area contributed by atoms with Crippen molar-refractivity contribution in [3.8, 4) is 5.75 Å². The monoisotopic (exact) mass is 489 g/mol. The second-order valence-electron chi connectivity index (χ2n) is 8.19. The molecule has 3 aromatic carbocycles. The average molecular weight is 490 g/mol. The molecule has 0 aliphatic rings. The van der Waals surface area contributed by atoms with Gasteiger partial charge < -0.3 is 30.9 Å². The molecule has 0 aromatic heterocycles. The quantitative estimate of drug-likeness (QED) is 0.287. The largest absolute Gasteiger partial charge is 0.496 e. The number of carbonyl (C=O) groups excluding carboxylic acids is 2. The number of methoxy groups -OCH3 is 1. The van der Waals surface area contributed by atoms with Gasteiger partial charge in [-0.3, -0.25) is 4.79 Å². The Balaban J connectivity index is 1.51. The van der Waals surface area contributed by atoms with Gasteiger partial charge in [-0.1, -0.05) is 44.2 Å². The fourth-order valence-electron chi connectivity index (χ4n) is 3.68. The maximum atomic E-state index is 12.6. The van der Waals surface area contributed by atoms with Crippen molar-refractivity contribution in [1.82, 2.24) is 10.2 Å². The molecule has 0 bridgehead atoms. The van der Waals surface area contributed by atoms with Gasteiger partial charge in [-0.2, -0.15) is 0 Å². The summed E-state index contributed by atoms with van der Waals surface area (Å²) >= 11 is 0. The van der Waals surface area contributed by atoms with Crippen LogP contribution in [-0.2, 0) is 6.54 Å². The molecule has 0 unspecified atom stereocenters. The molecule has 8 nitrogen and oxygen atoms in total. The lowest BCUT2D eigenvalue weighted by Crippen LogP contribution is -2.34. The number of hydrogen-bond donors (Lipinski definition) is 4. The second-order valence-corrected chi connectivity index (χ2v) is 8.19. The number of ether oxygens (including phenoxy) is 1. The van der Waals surface area contributed by atoms with E-state index in [9.17, 15) is 9.59 Å². The summed E-state index contributed by atoms with van der Waals surface area (Å²) in [6.45, 7) is 8.11. The molecule has 0 heterocycles. The van der Waals surface area contributed by atoms with Gasteiger partial charge in [0.05, 0.1) is 12.7 Å². The van der Waals surface area contributed by atoms with Crippen molar-refractivity contribution in [1.29, 1.82) is 0 Å². The smallest absolute Gasteiger partial charge is 0.323 e. The summed E-state index contributed by atoms with van der Waals surface area (Å²) in [5.74, 6) is 0.179. The highest BCUT2D eigenvalue weighted by atomic mass is 16.5. The highest BCUT2D eigenvalue weighted by Gasteiger charge is 2.14. The lowest BCUT2D eigenvalue weighted by atomic mass is 10.1. The van der Waals surface area contributed by atoms with Gasteiger partial charge >= 0.3 is 6.03 Å². The van der Waals surface area contributed by atoms with Crippen LogP contribution in [-0.4, -0.2) is 50.1 Å². The van der Waals surface area contributed by atoms with E-state index in [2.05, 4.69) is 52.1 Å². The van der Waals surface area contributed by atoms with Crippen molar-refractivity contribution >= 4 is 29.0 Å². The maximum Gasteiger partial charge on any atom is 0.323 e. The summed E-state index contributed by atoms with van der Waals surface area (Å²) in [6.07, 6.45) is 0. The molecule has 0 radical (unpaired) electrons. The third-order valence-corrected chi connectivity index (χ3v) is 5.79. The molecular formula is C28H35N5O3. The SMILES string of the molecule is CCN(CC)CCNC(=O)c1ccc(NC(=O)Nc2ccc(NCc3ccccc3)cc2)cc1OC. The third kappa shape index (κ3) is 8.02. The van der Waals surface area contributed by atoms with Crippen LogP contribution in [0.15, 0.2) is 72.8 Å². The van der Waals surface area contributed by atoms with Gasteiger partial charge in [0.1, 0.15) is 5.75 Å². The van der Waals surface area contributed by atoms with Crippen molar-refractivity contribution in [2.24, 2.45) is 0 Å². The molecule has 0 aliphatic heterocycles. The number of hydrogen-bond acceptors (Lipinski definition) is 5. The number of urea groups is 1.